The van der Waals surface area contributed by atoms with Crippen LogP contribution in [0.25, 0.3) is 5.57 Å². The standard InChI is InChI=1S/C27H24O5/c1-16(2)17-8-10-18(11-9-17)24-20-6-4-5-7-21(20)32-26(25(24)27(28)29-3)19-12-13-22-23(14-19)31-15-30-22/h4-14,16,26H,15H2,1-3H3. The molecule has 2 heterocycles. The minimum absolute atomic E-state index is 0.181. The normalized spacial score (nSPS) is 16.6. The predicted molar refractivity (Wildman–Crippen MR) is 121 cm³/mol. The molecule has 2 aliphatic rings. The van der Waals surface area contributed by atoms with Crippen LogP contribution < -0.4 is 14.2 Å². The molecule has 5 rings (SSSR count). The lowest BCUT2D eigenvalue weighted by Crippen LogP contribution is -2.24. The van der Waals surface area contributed by atoms with Crippen LogP contribution in [0.5, 0.6) is 17.2 Å². The molecule has 32 heavy (non-hydrogen) atoms. The van der Waals surface area contributed by atoms with E-state index >= 15 is 0 Å². The molecule has 0 aliphatic carbocycles. The first-order chi connectivity index (χ1) is 15.6. The van der Waals surface area contributed by atoms with E-state index in [2.05, 4.69) is 38.1 Å². The molecule has 1 atom stereocenters. The van der Waals surface area contributed by atoms with Crippen LogP contribution in [-0.4, -0.2) is 19.9 Å². The van der Waals surface area contributed by atoms with Gasteiger partial charge in [0.2, 0.25) is 6.79 Å². The lowest BCUT2D eigenvalue weighted by atomic mass is 9.85. The highest BCUT2D eigenvalue weighted by Crippen LogP contribution is 2.47. The number of benzene rings is 3. The van der Waals surface area contributed by atoms with Gasteiger partial charge in [0.15, 0.2) is 17.6 Å². The number of methoxy groups -OCH3 is 1. The van der Waals surface area contributed by atoms with Gasteiger partial charge in [-0.3, -0.25) is 0 Å². The van der Waals surface area contributed by atoms with E-state index in [0.29, 0.717) is 28.7 Å². The first-order valence-corrected chi connectivity index (χ1v) is 10.6. The van der Waals surface area contributed by atoms with Gasteiger partial charge in [-0.15, -0.1) is 0 Å². The second-order valence-corrected chi connectivity index (χ2v) is 8.16. The maximum absolute atomic E-state index is 13.1. The molecule has 0 N–H and O–H groups in total. The fourth-order valence-corrected chi connectivity index (χ4v) is 4.21. The average molecular weight is 428 g/mol. The Hall–Kier alpha value is -3.73. The van der Waals surface area contributed by atoms with E-state index < -0.39 is 12.1 Å². The van der Waals surface area contributed by atoms with E-state index in [4.69, 9.17) is 18.9 Å². The van der Waals surface area contributed by atoms with Crippen molar-refractivity contribution in [1.82, 2.24) is 0 Å². The molecule has 0 spiro atoms. The van der Waals surface area contributed by atoms with Gasteiger partial charge >= 0.3 is 5.97 Å². The van der Waals surface area contributed by atoms with Gasteiger partial charge in [0.25, 0.3) is 0 Å². The predicted octanol–water partition coefficient (Wildman–Crippen LogP) is 5.65. The molecule has 0 amide bonds. The lowest BCUT2D eigenvalue weighted by molar-refractivity contribution is -0.137. The molecule has 0 saturated carbocycles. The summed E-state index contributed by atoms with van der Waals surface area (Å²) < 4.78 is 22.6. The van der Waals surface area contributed by atoms with Gasteiger partial charge < -0.3 is 18.9 Å². The number of rotatable bonds is 4. The molecule has 0 fully saturated rings. The molecule has 2 aliphatic heterocycles. The first-order valence-electron chi connectivity index (χ1n) is 10.6. The summed E-state index contributed by atoms with van der Waals surface area (Å²) in [6.07, 6.45) is -0.647. The fraction of sp³-hybridized carbons (Fsp3) is 0.222. The Bertz CT molecular complexity index is 1210. The van der Waals surface area contributed by atoms with E-state index in [1.807, 2.05) is 42.5 Å². The Morgan fingerprint density at radius 2 is 1.69 bits per heavy atom. The molecule has 0 radical (unpaired) electrons. The summed E-state index contributed by atoms with van der Waals surface area (Å²) in [4.78, 5) is 13.1. The zero-order valence-electron chi connectivity index (χ0n) is 18.3. The number of hydrogen-bond acceptors (Lipinski definition) is 5. The molecule has 162 valence electrons. The molecule has 3 aromatic rings. The fourth-order valence-electron chi connectivity index (χ4n) is 4.21. The molecule has 0 bridgehead atoms. The van der Waals surface area contributed by atoms with Crippen LogP contribution in [0.3, 0.4) is 0 Å². The van der Waals surface area contributed by atoms with Crippen LogP contribution in [0, 0.1) is 0 Å². The van der Waals surface area contributed by atoms with Gasteiger partial charge in [-0.25, -0.2) is 4.79 Å². The highest BCUT2D eigenvalue weighted by atomic mass is 16.7. The maximum atomic E-state index is 13.1. The minimum Gasteiger partial charge on any atom is -0.480 e. The third-order valence-electron chi connectivity index (χ3n) is 5.90. The number of carbonyl (C=O) groups excluding carboxylic acids is 1. The van der Waals surface area contributed by atoms with E-state index in [1.54, 1.807) is 0 Å². The minimum atomic E-state index is -0.647. The van der Waals surface area contributed by atoms with Gasteiger partial charge in [0.1, 0.15) is 5.75 Å². The van der Waals surface area contributed by atoms with Crippen LogP contribution >= 0.6 is 0 Å². The number of hydrogen-bond donors (Lipinski definition) is 0. The smallest absolute Gasteiger partial charge is 0.338 e. The Labute approximate surface area is 187 Å². The lowest BCUT2D eigenvalue weighted by Gasteiger charge is -2.30. The Morgan fingerprint density at radius 1 is 0.938 bits per heavy atom. The zero-order valence-corrected chi connectivity index (χ0v) is 18.3. The van der Waals surface area contributed by atoms with Crippen molar-refractivity contribution >= 4 is 11.5 Å². The summed E-state index contributed by atoms with van der Waals surface area (Å²) in [5.41, 5.74) is 5.11. The quantitative estimate of drug-likeness (QED) is 0.503. The zero-order chi connectivity index (χ0) is 22.2. The highest BCUT2D eigenvalue weighted by molar-refractivity contribution is 6.04. The summed E-state index contributed by atoms with van der Waals surface area (Å²) in [6, 6.07) is 21.7. The molecule has 5 heteroatoms. The van der Waals surface area contributed by atoms with E-state index in [1.165, 1.54) is 12.7 Å². The number of fused-ring (bicyclic) bond motifs is 2. The third-order valence-corrected chi connectivity index (χ3v) is 5.90. The second kappa shape index (κ2) is 8.08. The van der Waals surface area contributed by atoms with Crippen molar-refractivity contribution in [2.24, 2.45) is 0 Å². The van der Waals surface area contributed by atoms with Gasteiger partial charge in [-0.1, -0.05) is 62.4 Å². The molecule has 0 saturated heterocycles. The first kappa shape index (κ1) is 20.2. The Kier molecular flexibility index (Phi) is 5.10. The van der Waals surface area contributed by atoms with Crippen molar-refractivity contribution in [2.45, 2.75) is 25.9 Å². The summed E-state index contributed by atoms with van der Waals surface area (Å²) in [7, 11) is 1.39. The molecular weight excluding hydrogens is 404 g/mol. The molecule has 3 aromatic carbocycles. The van der Waals surface area contributed by atoms with Crippen molar-refractivity contribution in [2.75, 3.05) is 13.9 Å². The number of esters is 1. The molecular formula is C27H24O5. The summed E-state index contributed by atoms with van der Waals surface area (Å²) in [6.45, 7) is 4.50. The number of carbonyl (C=O) groups is 1. The Morgan fingerprint density at radius 3 is 2.44 bits per heavy atom. The molecule has 0 aromatic heterocycles. The summed E-state index contributed by atoms with van der Waals surface area (Å²) in [5, 5.41) is 0. The van der Waals surface area contributed by atoms with Crippen LogP contribution in [0.1, 0.15) is 48.1 Å². The van der Waals surface area contributed by atoms with Crippen LogP contribution in [0.2, 0.25) is 0 Å². The van der Waals surface area contributed by atoms with E-state index in [-0.39, 0.29) is 6.79 Å². The van der Waals surface area contributed by atoms with Gasteiger partial charge in [0.05, 0.1) is 12.7 Å². The van der Waals surface area contributed by atoms with Crippen molar-refractivity contribution in [3.05, 3.63) is 94.6 Å². The Balaban J connectivity index is 1.73. The van der Waals surface area contributed by atoms with Gasteiger partial charge in [-0.2, -0.15) is 0 Å². The van der Waals surface area contributed by atoms with E-state index in [9.17, 15) is 4.79 Å². The largest absolute Gasteiger partial charge is 0.480 e. The van der Waals surface area contributed by atoms with Crippen molar-refractivity contribution < 1.29 is 23.7 Å². The third kappa shape index (κ3) is 3.40. The molecule has 5 nitrogen and oxygen atoms in total. The van der Waals surface area contributed by atoms with Gasteiger partial charge in [0, 0.05) is 16.7 Å². The number of para-hydroxylation sites is 1. The van der Waals surface area contributed by atoms with Crippen molar-refractivity contribution in [3.63, 3.8) is 0 Å². The number of ether oxygens (including phenoxy) is 4. The summed E-state index contributed by atoms with van der Waals surface area (Å²) >= 11 is 0. The van der Waals surface area contributed by atoms with Crippen LogP contribution in [0.4, 0.5) is 0 Å². The van der Waals surface area contributed by atoms with Crippen molar-refractivity contribution in [3.8, 4) is 17.2 Å². The van der Waals surface area contributed by atoms with Crippen molar-refractivity contribution in [1.29, 1.82) is 0 Å². The summed E-state index contributed by atoms with van der Waals surface area (Å²) in [5.74, 6) is 2.02. The van der Waals surface area contributed by atoms with Crippen LogP contribution in [0.15, 0.2) is 72.3 Å². The SMILES string of the molecule is COC(=O)C1=C(c2ccc(C(C)C)cc2)c2ccccc2OC1c1ccc2c(c1)OCO2. The van der Waals surface area contributed by atoms with Gasteiger partial charge in [-0.05, 0) is 35.2 Å². The average Bonchev–Trinajstić information content (AvgIpc) is 3.30. The van der Waals surface area contributed by atoms with Crippen LogP contribution in [-0.2, 0) is 9.53 Å². The second-order valence-electron chi connectivity index (χ2n) is 8.16. The van der Waals surface area contributed by atoms with E-state index in [0.717, 1.165) is 22.3 Å². The topological polar surface area (TPSA) is 54.0 Å². The molecule has 1 unspecified atom stereocenters. The maximum Gasteiger partial charge on any atom is 0.338 e. The monoisotopic (exact) mass is 428 g/mol. The highest BCUT2D eigenvalue weighted by Gasteiger charge is 2.36.